The fraction of sp³-hybridized carbons (Fsp3) is 0.579. The summed E-state index contributed by atoms with van der Waals surface area (Å²) in [4.78, 5) is 17.6. The van der Waals surface area contributed by atoms with Gasteiger partial charge in [0, 0.05) is 25.7 Å². The number of carbonyl (C=O) groups is 1. The average molecular weight is 524 g/mol. The number of aliphatic imine (C=N–C) groups is 1. The number of hydrogen-bond acceptors (Lipinski definition) is 5. The molecule has 29 heavy (non-hydrogen) atoms. The molecule has 2 rings (SSSR count). The smallest absolute Gasteiger partial charge is 0.409 e. The van der Waals surface area contributed by atoms with Crippen LogP contribution in [0.4, 0.5) is 9.18 Å². The van der Waals surface area contributed by atoms with E-state index in [0.29, 0.717) is 31.3 Å². The molecule has 1 unspecified atom stereocenters. The molecule has 1 fully saturated rings. The Morgan fingerprint density at radius 3 is 2.59 bits per heavy atom. The first-order valence-electron chi connectivity index (χ1n) is 9.46. The molecule has 0 saturated carbocycles. The second-order valence-electron chi connectivity index (χ2n) is 6.51. The number of aliphatic hydroxyl groups excluding tert-OH is 1. The number of piperidine rings is 1. The molecule has 0 aliphatic carbocycles. The van der Waals surface area contributed by atoms with E-state index in [0.717, 1.165) is 12.8 Å². The summed E-state index contributed by atoms with van der Waals surface area (Å²) in [5.41, 5.74) is 0. The summed E-state index contributed by atoms with van der Waals surface area (Å²) >= 11 is 0. The number of halogens is 2. The number of amides is 1. The minimum absolute atomic E-state index is 0. The Kier molecular flexibility index (Phi) is 11.7. The molecule has 1 aliphatic heterocycles. The Hall–Kier alpha value is -1.82. The molecule has 164 valence electrons. The molecule has 1 heterocycles. The third-order valence-corrected chi connectivity index (χ3v) is 4.33. The van der Waals surface area contributed by atoms with E-state index in [-0.39, 0.29) is 55.1 Å². The second-order valence-corrected chi connectivity index (χ2v) is 6.51. The van der Waals surface area contributed by atoms with Gasteiger partial charge in [0.25, 0.3) is 0 Å². The molecule has 8 nitrogen and oxygen atoms in total. The molecule has 1 amide bonds. The molecule has 0 spiro atoms. The van der Waals surface area contributed by atoms with E-state index in [9.17, 15) is 14.3 Å². The van der Waals surface area contributed by atoms with Crippen molar-refractivity contribution in [2.45, 2.75) is 31.9 Å². The number of aliphatic hydroxyl groups is 1. The zero-order chi connectivity index (χ0) is 20.4. The summed E-state index contributed by atoms with van der Waals surface area (Å²) in [7, 11) is 1.38. The molecule has 1 aromatic rings. The molecule has 1 aliphatic rings. The summed E-state index contributed by atoms with van der Waals surface area (Å²) in [6.07, 6.45) is 0.482. The molecule has 0 bridgehead atoms. The van der Waals surface area contributed by atoms with Crippen molar-refractivity contribution in [2.24, 2.45) is 4.99 Å². The van der Waals surface area contributed by atoms with Crippen LogP contribution in [-0.2, 0) is 4.74 Å². The monoisotopic (exact) mass is 524 g/mol. The lowest BCUT2D eigenvalue weighted by Crippen LogP contribution is -2.50. The Bertz CT molecular complexity index is 640. The first-order valence-corrected chi connectivity index (χ1v) is 9.46. The van der Waals surface area contributed by atoms with Gasteiger partial charge in [-0.2, -0.15) is 0 Å². The predicted octanol–water partition coefficient (Wildman–Crippen LogP) is 1.97. The number of likely N-dealkylation sites (tertiary alicyclic amines) is 1. The van der Waals surface area contributed by atoms with Gasteiger partial charge < -0.3 is 30.1 Å². The van der Waals surface area contributed by atoms with Crippen molar-refractivity contribution < 1.29 is 23.8 Å². The van der Waals surface area contributed by atoms with Crippen molar-refractivity contribution in [3.05, 3.63) is 30.1 Å². The fourth-order valence-corrected chi connectivity index (χ4v) is 2.82. The zero-order valence-electron chi connectivity index (χ0n) is 16.8. The molecular weight excluding hydrogens is 494 g/mol. The predicted molar refractivity (Wildman–Crippen MR) is 119 cm³/mol. The van der Waals surface area contributed by atoms with Crippen molar-refractivity contribution in [2.75, 3.05) is 39.9 Å². The lowest BCUT2D eigenvalue weighted by Gasteiger charge is -2.32. The Morgan fingerprint density at radius 1 is 1.34 bits per heavy atom. The summed E-state index contributed by atoms with van der Waals surface area (Å²) < 4.78 is 23.1. The van der Waals surface area contributed by atoms with E-state index in [1.165, 1.54) is 31.4 Å². The van der Waals surface area contributed by atoms with Crippen LogP contribution in [0.3, 0.4) is 0 Å². The zero-order valence-corrected chi connectivity index (χ0v) is 19.1. The van der Waals surface area contributed by atoms with Gasteiger partial charge in [0.05, 0.1) is 13.7 Å². The maximum Gasteiger partial charge on any atom is 0.409 e. The van der Waals surface area contributed by atoms with E-state index in [2.05, 4.69) is 15.6 Å². The third kappa shape index (κ3) is 9.03. The van der Waals surface area contributed by atoms with Gasteiger partial charge in [0.1, 0.15) is 24.3 Å². The van der Waals surface area contributed by atoms with Crippen molar-refractivity contribution in [1.29, 1.82) is 0 Å². The van der Waals surface area contributed by atoms with E-state index in [1.54, 1.807) is 4.90 Å². The highest BCUT2D eigenvalue weighted by molar-refractivity contribution is 14.0. The first kappa shape index (κ1) is 25.2. The summed E-state index contributed by atoms with van der Waals surface area (Å²) in [6.45, 7) is 4.12. The number of guanidine groups is 1. The SMILES string of the molecule is CCNC(=NCC(O)COc1ccc(F)cc1)NC1CCN(C(=O)OC)CC1.I. The summed E-state index contributed by atoms with van der Waals surface area (Å²) in [6, 6.07) is 5.82. The Morgan fingerprint density at radius 2 is 2.00 bits per heavy atom. The van der Waals surface area contributed by atoms with Crippen LogP contribution in [0.15, 0.2) is 29.3 Å². The molecule has 1 saturated heterocycles. The first-order chi connectivity index (χ1) is 13.5. The van der Waals surface area contributed by atoms with Crippen LogP contribution in [0.5, 0.6) is 5.75 Å². The van der Waals surface area contributed by atoms with Gasteiger partial charge in [-0.05, 0) is 44.0 Å². The van der Waals surface area contributed by atoms with Gasteiger partial charge in [-0.1, -0.05) is 0 Å². The van der Waals surface area contributed by atoms with Gasteiger partial charge in [-0.3, -0.25) is 4.99 Å². The van der Waals surface area contributed by atoms with Crippen LogP contribution in [0.25, 0.3) is 0 Å². The van der Waals surface area contributed by atoms with Gasteiger partial charge >= 0.3 is 6.09 Å². The number of benzene rings is 1. The van der Waals surface area contributed by atoms with E-state index >= 15 is 0 Å². The Labute approximate surface area is 187 Å². The molecule has 3 N–H and O–H groups in total. The van der Waals surface area contributed by atoms with Crippen LogP contribution >= 0.6 is 24.0 Å². The van der Waals surface area contributed by atoms with Gasteiger partial charge in [-0.15, -0.1) is 24.0 Å². The number of carbonyl (C=O) groups excluding carboxylic acids is 1. The lowest BCUT2D eigenvalue weighted by molar-refractivity contribution is 0.111. The van der Waals surface area contributed by atoms with Crippen LogP contribution < -0.4 is 15.4 Å². The summed E-state index contributed by atoms with van der Waals surface area (Å²) in [5.74, 6) is 0.767. The van der Waals surface area contributed by atoms with Crippen molar-refractivity contribution in [1.82, 2.24) is 15.5 Å². The third-order valence-electron chi connectivity index (χ3n) is 4.33. The van der Waals surface area contributed by atoms with Crippen molar-refractivity contribution in [3.8, 4) is 5.75 Å². The molecule has 1 aromatic carbocycles. The van der Waals surface area contributed by atoms with Crippen LogP contribution in [0.2, 0.25) is 0 Å². The fourth-order valence-electron chi connectivity index (χ4n) is 2.82. The molecular formula is C19H30FIN4O4. The highest BCUT2D eigenvalue weighted by atomic mass is 127. The topological polar surface area (TPSA) is 95.4 Å². The van der Waals surface area contributed by atoms with Crippen molar-refractivity contribution in [3.63, 3.8) is 0 Å². The number of nitrogens with zero attached hydrogens (tertiary/aromatic N) is 2. The molecule has 0 radical (unpaired) electrons. The van der Waals surface area contributed by atoms with Crippen LogP contribution in [-0.4, -0.2) is 74.1 Å². The van der Waals surface area contributed by atoms with Crippen LogP contribution in [0, 0.1) is 5.82 Å². The minimum Gasteiger partial charge on any atom is -0.491 e. The number of methoxy groups -OCH3 is 1. The highest BCUT2D eigenvalue weighted by Gasteiger charge is 2.23. The van der Waals surface area contributed by atoms with Gasteiger partial charge in [0.2, 0.25) is 0 Å². The number of nitrogens with one attached hydrogen (secondary N) is 2. The largest absolute Gasteiger partial charge is 0.491 e. The number of rotatable bonds is 7. The minimum atomic E-state index is -0.790. The van der Waals surface area contributed by atoms with E-state index < -0.39 is 6.10 Å². The van der Waals surface area contributed by atoms with Crippen molar-refractivity contribution >= 4 is 36.0 Å². The number of ether oxygens (including phenoxy) is 2. The second kappa shape index (κ2) is 13.4. The summed E-state index contributed by atoms with van der Waals surface area (Å²) in [5, 5.41) is 16.6. The normalized spacial score (nSPS) is 15.9. The maximum absolute atomic E-state index is 12.9. The maximum atomic E-state index is 12.9. The number of hydrogen-bond donors (Lipinski definition) is 3. The highest BCUT2D eigenvalue weighted by Crippen LogP contribution is 2.12. The van der Waals surface area contributed by atoms with Gasteiger partial charge in [-0.25, -0.2) is 9.18 Å². The van der Waals surface area contributed by atoms with Gasteiger partial charge in [0.15, 0.2) is 5.96 Å². The van der Waals surface area contributed by atoms with Crippen LogP contribution in [0.1, 0.15) is 19.8 Å². The standard InChI is InChI=1S/C19H29FN4O4.HI/c1-3-21-18(23-15-8-10-24(11-9-15)19(26)27-2)22-12-16(25)13-28-17-6-4-14(20)5-7-17;/h4-7,15-16,25H,3,8-13H2,1-2H3,(H2,21,22,23);1H. The quantitative estimate of drug-likeness (QED) is 0.287. The molecule has 1 atom stereocenters. The lowest BCUT2D eigenvalue weighted by atomic mass is 10.1. The molecule has 10 heteroatoms. The van der Waals surface area contributed by atoms with E-state index in [4.69, 9.17) is 9.47 Å². The average Bonchev–Trinajstić information content (AvgIpc) is 2.71. The molecule has 0 aromatic heterocycles. The Balaban J connectivity index is 0.00000420. The van der Waals surface area contributed by atoms with E-state index in [1.807, 2.05) is 6.92 Å².